The van der Waals surface area contributed by atoms with Crippen molar-refractivity contribution in [2.24, 2.45) is 0 Å². The van der Waals surface area contributed by atoms with Gasteiger partial charge in [-0.3, -0.25) is 9.13 Å². The van der Waals surface area contributed by atoms with Crippen LogP contribution in [0.2, 0.25) is 0 Å². The number of nitrogens with zero attached hydrogens (tertiary/aromatic N) is 5. The standard InChI is InChI=1S/C46H29N5/c1-3-15-31(16-4-1)49-38-23-11-7-21-35(38)36-28-27-30(29-42(36)49)44-43-37-22-10-14-26-41(37)50(32-17-5-2-6-18-32)45(43)48-46(47-44)51-39-24-12-8-19-33(39)34-20-9-13-25-40(34)51/h1-29H. The Morgan fingerprint density at radius 3 is 1.37 bits per heavy atom. The molecule has 11 aromatic rings. The summed E-state index contributed by atoms with van der Waals surface area (Å²) in [6, 6.07) is 62.3. The van der Waals surface area contributed by atoms with E-state index in [9.17, 15) is 0 Å². The molecule has 0 bridgehead atoms. The molecule has 0 spiro atoms. The van der Waals surface area contributed by atoms with Crippen LogP contribution in [0.4, 0.5) is 0 Å². The predicted molar refractivity (Wildman–Crippen MR) is 210 cm³/mol. The molecule has 0 unspecified atom stereocenters. The van der Waals surface area contributed by atoms with Gasteiger partial charge in [-0.15, -0.1) is 0 Å². The first-order valence-electron chi connectivity index (χ1n) is 17.3. The molecular formula is C46H29N5. The van der Waals surface area contributed by atoms with Gasteiger partial charge in [0.2, 0.25) is 5.95 Å². The lowest BCUT2D eigenvalue weighted by Crippen LogP contribution is -2.05. The van der Waals surface area contributed by atoms with Gasteiger partial charge in [-0.2, -0.15) is 4.98 Å². The molecule has 4 aromatic heterocycles. The number of rotatable bonds is 4. The Hall–Kier alpha value is -6.98. The first-order chi connectivity index (χ1) is 25.3. The van der Waals surface area contributed by atoms with E-state index in [4.69, 9.17) is 9.97 Å². The molecule has 0 aliphatic heterocycles. The summed E-state index contributed by atoms with van der Waals surface area (Å²) in [5, 5.41) is 6.93. The molecule has 5 nitrogen and oxygen atoms in total. The zero-order chi connectivity index (χ0) is 33.5. The minimum atomic E-state index is 0.638. The summed E-state index contributed by atoms with van der Waals surface area (Å²) in [4.78, 5) is 11.1. The molecule has 7 aromatic carbocycles. The highest BCUT2D eigenvalue weighted by Crippen LogP contribution is 2.41. The van der Waals surface area contributed by atoms with Gasteiger partial charge in [0.15, 0.2) is 5.65 Å². The van der Waals surface area contributed by atoms with E-state index in [1.807, 2.05) is 0 Å². The zero-order valence-corrected chi connectivity index (χ0v) is 27.5. The SMILES string of the molecule is c1ccc(-n2c3ccccc3c3ccc(-c4nc(-n5c6ccccc6c6ccccc65)nc5c4c4ccccc4n5-c4ccccc4)cc32)cc1. The minimum Gasteiger partial charge on any atom is -0.309 e. The summed E-state index contributed by atoms with van der Waals surface area (Å²) >= 11 is 0. The summed E-state index contributed by atoms with van der Waals surface area (Å²) in [5.41, 5.74) is 10.5. The topological polar surface area (TPSA) is 40.6 Å². The van der Waals surface area contributed by atoms with Crippen LogP contribution in [0.5, 0.6) is 0 Å². The van der Waals surface area contributed by atoms with Crippen LogP contribution < -0.4 is 0 Å². The minimum absolute atomic E-state index is 0.638. The highest BCUT2D eigenvalue weighted by Gasteiger charge is 2.23. The van der Waals surface area contributed by atoms with Crippen molar-refractivity contribution in [1.82, 2.24) is 23.7 Å². The number of benzene rings is 7. The van der Waals surface area contributed by atoms with E-state index in [-0.39, 0.29) is 0 Å². The second-order valence-corrected chi connectivity index (χ2v) is 13.0. The molecule has 0 fully saturated rings. The Morgan fingerprint density at radius 2 is 0.784 bits per heavy atom. The smallest absolute Gasteiger partial charge is 0.237 e. The van der Waals surface area contributed by atoms with Crippen LogP contribution in [-0.4, -0.2) is 23.7 Å². The Balaban J connectivity index is 1.30. The van der Waals surface area contributed by atoms with Crippen molar-refractivity contribution in [1.29, 1.82) is 0 Å². The number of para-hydroxylation sites is 6. The average Bonchev–Trinajstić information content (AvgIpc) is 3.84. The molecule has 238 valence electrons. The third-order valence-corrected chi connectivity index (χ3v) is 10.3. The molecule has 0 saturated heterocycles. The fourth-order valence-electron chi connectivity index (χ4n) is 8.10. The van der Waals surface area contributed by atoms with E-state index < -0.39 is 0 Å². The largest absolute Gasteiger partial charge is 0.309 e. The molecule has 0 aliphatic rings. The molecule has 0 radical (unpaired) electrons. The maximum atomic E-state index is 5.56. The maximum absolute atomic E-state index is 5.56. The van der Waals surface area contributed by atoms with Crippen molar-refractivity contribution in [2.45, 2.75) is 0 Å². The highest BCUT2D eigenvalue weighted by atomic mass is 15.2. The van der Waals surface area contributed by atoms with E-state index in [0.29, 0.717) is 5.95 Å². The lowest BCUT2D eigenvalue weighted by Gasteiger charge is -2.13. The third-order valence-electron chi connectivity index (χ3n) is 10.3. The van der Waals surface area contributed by atoms with Crippen molar-refractivity contribution in [2.75, 3.05) is 0 Å². The summed E-state index contributed by atoms with van der Waals surface area (Å²) in [6.45, 7) is 0. The second kappa shape index (κ2) is 10.8. The Labute approximate surface area is 292 Å². The number of fused-ring (bicyclic) bond motifs is 9. The van der Waals surface area contributed by atoms with Gasteiger partial charge < -0.3 is 4.57 Å². The number of hydrogen-bond donors (Lipinski definition) is 0. The molecule has 0 N–H and O–H groups in total. The van der Waals surface area contributed by atoms with Gasteiger partial charge >= 0.3 is 0 Å². The molecule has 4 heterocycles. The average molecular weight is 652 g/mol. The van der Waals surface area contributed by atoms with Gasteiger partial charge in [0, 0.05) is 43.9 Å². The molecule has 5 heteroatoms. The molecule has 0 atom stereocenters. The lowest BCUT2D eigenvalue weighted by molar-refractivity contribution is 0.994. The van der Waals surface area contributed by atoms with Crippen LogP contribution in [0.25, 0.3) is 94.1 Å². The van der Waals surface area contributed by atoms with Crippen LogP contribution >= 0.6 is 0 Å². The summed E-state index contributed by atoms with van der Waals surface area (Å²) < 4.78 is 6.88. The molecular weight excluding hydrogens is 623 g/mol. The van der Waals surface area contributed by atoms with E-state index in [0.717, 1.165) is 61.1 Å². The molecule has 0 saturated carbocycles. The van der Waals surface area contributed by atoms with Crippen LogP contribution in [0.3, 0.4) is 0 Å². The van der Waals surface area contributed by atoms with E-state index in [2.05, 4.69) is 190 Å². The van der Waals surface area contributed by atoms with E-state index in [1.165, 1.54) is 27.1 Å². The monoisotopic (exact) mass is 651 g/mol. The Bertz CT molecular complexity index is 3080. The van der Waals surface area contributed by atoms with Crippen molar-refractivity contribution in [3.8, 4) is 28.6 Å². The fourth-order valence-corrected chi connectivity index (χ4v) is 8.10. The van der Waals surface area contributed by atoms with Gasteiger partial charge in [0.1, 0.15) is 0 Å². The summed E-state index contributed by atoms with van der Waals surface area (Å²) in [7, 11) is 0. The summed E-state index contributed by atoms with van der Waals surface area (Å²) in [5.74, 6) is 0.638. The number of aromatic nitrogens is 5. The quantitative estimate of drug-likeness (QED) is 0.190. The third kappa shape index (κ3) is 4.03. The summed E-state index contributed by atoms with van der Waals surface area (Å²) in [6.07, 6.45) is 0. The molecule has 0 amide bonds. The van der Waals surface area contributed by atoms with Crippen LogP contribution in [-0.2, 0) is 0 Å². The zero-order valence-electron chi connectivity index (χ0n) is 27.5. The molecule has 0 aliphatic carbocycles. The predicted octanol–water partition coefficient (Wildman–Crippen LogP) is 11.4. The van der Waals surface area contributed by atoms with Gasteiger partial charge in [-0.1, -0.05) is 121 Å². The second-order valence-electron chi connectivity index (χ2n) is 13.0. The van der Waals surface area contributed by atoms with Crippen LogP contribution in [0.15, 0.2) is 176 Å². The van der Waals surface area contributed by atoms with Crippen LogP contribution in [0.1, 0.15) is 0 Å². The van der Waals surface area contributed by atoms with Crippen molar-refractivity contribution >= 4 is 65.5 Å². The maximum Gasteiger partial charge on any atom is 0.237 e. The highest BCUT2D eigenvalue weighted by molar-refractivity contribution is 6.16. The molecule has 11 rings (SSSR count). The first kappa shape index (κ1) is 27.9. The number of hydrogen-bond acceptors (Lipinski definition) is 2. The van der Waals surface area contributed by atoms with Crippen molar-refractivity contribution in [3.63, 3.8) is 0 Å². The van der Waals surface area contributed by atoms with Gasteiger partial charge in [0.05, 0.1) is 38.7 Å². The Morgan fingerprint density at radius 1 is 0.333 bits per heavy atom. The van der Waals surface area contributed by atoms with Crippen LogP contribution in [0, 0.1) is 0 Å². The van der Waals surface area contributed by atoms with E-state index in [1.54, 1.807) is 0 Å². The van der Waals surface area contributed by atoms with E-state index >= 15 is 0 Å². The lowest BCUT2D eigenvalue weighted by atomic mass is 10.0. The van der Waals surface area contributed by atoms with Gasteiger partial charge in [-0.05, 0) is 54.6 Å². The fraction of sp³-hybridized carbons (Fsp3) is 0. The van der Waals surface area contributed by atoms with Gasteiger partial charge in [0.25, 0.3) is 0 Å². The molecule has 51 heavy (non-hydrogen) atoms. The van der Waals surface area contributed by atoms with Crippen molar-refractivity contribution in [3.05, 3.63) is 176 Å². The normalized spacial score (nSPS) is 11.9. The van der Waals surface area contributed by atoms with Gasteiger partial charge in [-0.25, -0.2) is 4.98 Å². The Kier molecular flexibility index (Phi) is 5.89. The van der Waals surface area contributed by atoms with Crippen molar-refractivity contribution < 1.29 is 0 Å². The first-order valence-corrected chi connectivity index (χ1v) is 17.3.